The Kier molecular flexibility index (Phi) is 1.55. The van der Waals surface area contributed by atoms with E-state index in [2.05, 4.69) is 5.10 Å². The molecule has 66 valence electrons. The number of hydrogen-bond donors (Lipinski definition) is 1. The first kappa shape index (κ1) is 7.79. The summed E-state index contributed by atoms with van der Waals surface area (Å²) >= 11 is 0. The van der Waals surface area contributed by atoms with E-state index in [0.717, 1.165) is 11.2 Å². The van der Waals surface area contributed by atoms with Crippen LogP contribution in [0.1, 0.15) is 16.1 Å². The van der Waals surface area contributed by atoms with Crippen molar-refractivity contribution in [2.24, 2.45) is 5.73 Å². The van der Waals surface area contributed by atoms with Crippen molar-refractivity contribution in [2.45, 2.75) is 6.92 Å². The average Bonchev–Trinajstić information content (AvgIpc) is 2.48. The topological polar surface area (TPSA) is 60.4 Å². The molecule has 0 aliphatic rings. The lowest BCUT2D eigenvalue weighted by Crippen LogP contribution is -2.10. The fourth-order valence-corrected chi connectivity index (χ4v) is 1.34. The number of rotatable bonds is 1. The van der Waals surface area contributed by atoms with Crippen LogP contribution in [-0.4, -0.2) is 15.5 Å². The SMILES string of the molecule is Cc1cccc2c(C(N)=O)cnn12. The number of nitrogens with zero attached hydrogens (tertiary/aromatic N) is 2. The van der Waals surface area contributed by atoms with Crippen molar-refractivity contribution >= 4 is 11.4 Å². The smallest absolute Gasteiger partial charge is 0.252 e. The number of carbonyl (C=O) groups excluding carboxylic acids is 1. The summed E-state index contributed by atoms with van der Waals surface area (Å²) in [5.41, 5.74) is 7.38. The van der Waals surface area contributed by atoms with Crippen LogP contribution >= 0.6 is 0 Å². The highest BCUT2D eigenvalue weighted by Gasteiger charge is 2.08. The van der Waals surface area contributed by atoms with Gasteiger partial charge in [0.25, 0.3) is 5.91 Å². The van der Waals surface area contributed by atoms with Crippen LogP contribution in [0.15, 0.2) is 24.4 Å². The van der Waals surface area contributed by atoms with Crippen molar-refractivity contribution in [1.29, 1.82) is 0 Å². The molecule has 0 aromatic carbocycles. The van der Waals surface area contributed by atoms with Crippen molar-refractivity contribution in [2.75, 3.05) is 0 Å². The van der Waals surface area contributed by atoms with E-state index in [4.69, 9.17) is 5.73 Å². The van der Waals surface area contributed by atoms with Gasteiger partial charge >= 0.3 is 0 Å². The molecule has 2 heterocycles. The molecular formula is C9H9N3O. The molecule has 0 aliphatic carbocycles. The quantitative estimate of drug-likeness (QED) is 0.694. The third kappa shape index (κ3) is 1.07. The average molecular weight is 175 g/mol. The van der Waals surface area contributed by atoms with Crippen LogP contribution in [0.2, 0.25) is 0 Å². The summed E-state index contributed by atoms with van der Waals surface area (Å²) < 4.78 is 1.69. The van der Waals surface area contributed by atoms with Gasteiger partial charge in [-0.2, -0.15) is 5.10 Å². The zero-order valence-electron chi connectivity index (χ0n) is 7.19. The second-order valence-corrected chi connectivity index (χ2v) is 2.89. The van der Waals surface area contributed by atoms with E-state index >= 15 is 0 Å². The third-order valence-electron chi connectivity index (χ3n) is 2.00. The van der Waals surface area contributed by atoms with Gasteiger partial charge in [0.15, 0.2) is 0 Å². The standard InChI is InChI=1S/C9H9N3O/c1-6-3-2-4-8-7(9(10)13)5-11-12(6)8/h2-5H,1H3,(H2,10,13). The highest BCUT2D eigenvalue weighted by atomic mass is 16.1. The molecule has 2 aromatic rings. The van der Waals surface area contributed by atoms with Gasteiger partial charge in [0.1, 0.15) is 0 Å². The fourth-order valence-electron chi connectivity index (χ4n) is 1.34. The number of pyridine rings is 1. The van der Waals surface area contributed by atoms with Gasteiger partial charge in [-0.1, -0.05) is 6.07 Å². The van der Waals surface area contributed by atoms with Crippen LogP contribution < -0.4 is 5.73 Å². The van der Waals surface area contributed by atoms with E-state index in [-0.39, 0.29) is 0 Å². The van der Waals surface area contributed by atoms with Crippen LogP contribution in [0, 0.1) is 6.92 Å². The van der Waals surface area contributed by atoms with Gasteiger partial charge in [-0.15, -0.1) is 0 Å². The van der Waals surface area contributed by atoms with Gasteiger partial charge in [-0.05, 0) is 19.1 Å². The molecule has 0 spiro atoms. The molecule has 0 bridgehead atoms. The van der Waals surface area contributed by atoms with Gasteiger partial charge in [-0.25, -0.2) is 4.52 Å². The highest BCUT2D eigenvalue weighted by Crippen LogP contribution is 2.11. The predicted molar refractivity (Wildman–Crippen MR) is 48.4 cm³/mol. The number of amides is 1. The van der Waals surface area contributed by atoms with E-state index in [0.29, 0.717) is 5.56 Å². The second-order valence-electron chi connectivity index (χ2n) is 2.89. The molecule has 2 N–H and O–H groups in total. The van der Waals surface area contributed by atoms with Crippen LogP contribution in [0.4, 0.5) is 0 Å². The van der Waals surface area contributed by atoms with Crippen molar-refractivity contribution in [3.05, 3.63) is 35.7 Å². The number of aryl methyl sites for hydroxylation is 1. The predicted octanol–water partition coefficient (Wildman–Crippen LogP) is 0.742. The van der Waals surface area contributed by atoms with Crippen LogP contribution in [-0.2, 0) is 0 Å². The number of nitrogens with two attached hydrogens (primary N) is 1. The van der Waals surface area contributed by atoms with E-state index in [1.165, 1.54) is 6.20 Å². The Bertz CT molecular complexity index is 473. The Hall–Kier alpha value is -1.84. The van der Waals surface area contributed by atoms with Crippen molar-refractivity contribution in [1.82, 2.24) is 9.61 Å². The molecule has 4 heteroatoms. The van der Waals surface area contributed by atoms with Crippen molar-refractivity contribution < 1.29 is 4.79 Å². The molecule has 0 saturated heterocycles. The number of fused-ring (bicyclic) bond motifs is 1. The van der Waals surface area contributed by atoms with Gasteiger partial charge in [0.05, 0.1) is 17.3 Å². The molecule has 0 atom stereocenters. The molecule has 1 amide bonds. The minimum Gasteiger partial charge on any atom is -0.365 e. The minimum absolute atomic E-state index is 0.444. The number of hydrogen-bond acceptors (Lipinski definition) is 2. The number of primary amides is 1. The van der Waals surface area contributed by atoms with Gasteiger partial charge < -0.3 is 5.73 Å². The highest BCUT2D eigenvalue weighted by molar-refractivity contribution is 5.99. The summed E-state index contributed by atoms with van der Waals surface area (Å²) in [5.74, 6) is -0.444. The van der Waals surface area contributed by atoms with Crippen molar-refractivity contribution in [3.8, 4) is 0 Å². The van der Waals surface area contributed by atoms with Gasteiger partial charge in [0.2, 0.25) is 0 Å². The maximum Gasteiger partial charge on any atom is 0.252 e. The molecule has 2 aromatic heterocycles. The Morgan fingerprint density at radius 1 is 1.54 bits per heavy atom. The van der Waals surface area contributed by atoms with E-state index in [1.807, 2.05) is 25.1 Å². The van der Waals surface area contributed by atoms with E-state index in [9.17, 15) is 4.79 Å². The molecule has 0 saturated carbocycles. The molecule has 0 fully saturated rings. The molecule has 4 nitrogen and oxygen atoms in total. The lowest BCUT2D eigenvalue weighted by Gasteiger charge is -1.97. The first-order valence-corrected chi connectivity index (χ1v) is 3.93. The zero-order chi connectivity index (χ0) is 9.42. The summed E-state index contributed by atoms with van der Waals surface area (Å²) in [6.45, 7) is 1.92. The fraction of sp³-hybridized carbons (Fsp3) is 0.111. The molecular weight excluding hydrogens is 166 g/mol. The van der Waals surface area contributed by atoms with Crippen LogP contribution in [0.25, 0.3) is 5.52 Å². The van der Waals surface area contributed by atoms with Gasteiger partial charge in [0, 0.05) is 5.69 Å². The van der Waals surface area contributed by atoms with Crippen LogP contribution in [0.3, 0.4) is 0 Å². The third-order valence-corrected chi connectivity index (χ3v) is 2.00. The molecule has 13 heavy (non-hydrogen) atoms. The Morgan fingerprint density at radius 2 is 2.31 bits per heavy atom. The van der Waals surface area contributed by atoms with Crippen molar-refractivity contribution in [3.63, 3.8) is 0 Å². The largest absolute Gasteiger partial charge is 0.365 e. The Labute approximate surface area is 75.0 Å². The van der Waals surface area contributed by atoms with E-state index < -0.39 is 5.91 Å². The van der Waals surface area contributed by atoms with Crippen LogP contribution in [0.5, 0.6) is 0 Å². The lowest BCUT2D eigenvalue weighted by atomic mass is 10.2. The van der Waals surface area contributed by atoms with E-state index in [1.54, 1.807) is 4.52 Å². The monoisotopic (exact) mass is 175 g/mol. The Morgan fingerprint density at radius 3 is 3.00 bits per heavy atom. The first-order valence-electron chi connectivity index (χ1n) is 3.93. The number of aromatic nitrogens is 2. The molecule has 0 radical (unpaired) electrons. The first-order chi connectivity index (χ1) is 6.20. The molecule has 2 rings (SSSR count). The Balaban J connectivity index is 2.83. The second kappa shape index (κ2) is 2.58. The molecule has 0 unspecified atom stereocenters. The minimum atomic E-state index is -0.444. The summed E-state index contributed by atoms with van der Waals surface area (Å²) in [5, 5.41) is 4.06. The normalized spacial score (nSPS) is 10.5. The molecule has 0 aliphatic heterocycles. The zero-order valence-corrected chi connectivity index (χ0v) is 7.19. The maximum atomic E-state index is 11.0. The summed E-state index contributed by atoms with van der Waals surface area (Å²) in [6, 6.07) is 5.61. The summed E-state index contributed by atoms with van der Waals surface area (Å²) in [4.78, 5) is 11.0. The maximum absolute atomic E-state index is 11.0. The summed E-state index contributed by atoms with van der Waals surface area (Å²) in [6.07, 6.45) is 1.49. The number of carbonyl (C=O) groups is 1. The van der Waals surface area contributed by atoms with Gasteiger partial charge in [-0.3, -0.25) is 4.79 Å². The lowest BCUT2D eigenvalue weighted by molar-refractivity contribution is 0.100. The summed E-state index contributed by atoms with van der Waals surface area (Å²) in [7, 11) is 0.